The van der Waals surface area contributed by atoms with Gasteiger partial charge in [-0.05, 0) is 58.3 Å². The summed E-state index contributed by atoms with van der Waals surface area (Å²) in [5.41, 5.74) is 0. The second-order valence-electron chi connectivity index (χ2n) is 5.31. The van der Waals surface area contributed by atoms with Crippen LogP contribution in [0.3, 0.4) is 0 Å². The number of hydrogen-bond donors (Lipinski definition) is 2. The van der Waals surface area contributed by atoms with E-state index in [2.05, 4.69) is 14.9 Å². The van der Waals surface area contributed by atoms with Gasteiger partial charge in [-0.1, -0.05) is 0 Å². The molecule has 2 aliphatic heterocycles. The summed E-state index contributed by atoms with van der Waals surface area (Å²) >= 11 is 0. The van der Waals surface area contributed by atoms with Crippen LogP contribution in [0.1, 0.15) is 32.1 Å². The van der Waals surface area contributed by atoms with Gasteiger partial charge < -0.3 is 10.2 Å². The zero-order chi connectivity index (χ0) is 12.8. The van der Waals surface area contributed by atoms with E-state index < -0.39 is 10.0 Å². The Bertz CT molecular complexity index is 333. The minimum absolute atomic E-state index is 0.238. The number of nitrogens with one attached hydrogen (secondary N) is 2. The van der Waals surface area contributed by atoms with Gasteiger partial charge in [0.25, 0.3) is 0 Å². The molecule has 2 aliphatic rings. The summed E-state index contributed by atoms with van der Waals surface area (Å²) in [6, 6.07) is 0. The van der Waals surface area contributed by atoms with Crippen molar-refractivity contribution in [3.8, 4) is 0 Å². The fourth-order valence-electron chi connectivity index (χ4n) is 2.73. The molecule has 6 heteroatoms. The Kier molecular flexibility index (Phi) is 5.41. The van der Waals surface area contributed by atoms with Gasteiger partial charge in [0, 0.05) is 13.1 Å². The van der Waals surface area contributed by atoms with Crippen LogP contribution in [0.5, 0.6) is 0 Å². The van der Waals surface area contributed by atoms with E-state index in [9.17, 15) is 8.42 Å². The molecular weight excluding hydrogens is 250 g/mol. The van der Waals surface area contributed by atoms with Gasteiger partial charge in [0.15, 0.2) is 0 Å². The first-order valence-electron chi connectivity index (χ1n) is 7.10. The summed E-state index contributed by atoms with van der Waals surface area (Å²) in [7, 11) is -3.11. The predicted octanol–water partition coefficient (Wildman–Crippen LogP) is 0.144. The molecule has 2 fully saturated rings. The van der Waals surface area contributed by atoms with Crippen molar-refractivity contribution >= 4 is 10.0 Å². The van der Waals surface area contributed by atoms with E-state index in [-0.39, 0.29) is 5.25 Å². The van der Waals surface area contributed by atoms with Gasteiger partial charge in [-0.3, -0.25) is 0 Å². The van der Waals surface area contributed by atoms with Crippen molar-refractivity contribution in [1.82, 2.24) is 14.9 Å². The number of piperidine rings is 1. The zero-order valence-corrected chi connectivity index (χ0v) is 11.8. The maximum absolute atomic E-state index is 12.0. The summed E-state index contributed by atoms with van der Waals surface area (Å²) in [5, 5.41) is 2.91. The average molecular weight is 275 g/mol. The van der Waals surface area contributed by atoms with Crippen molar-refractivity contribution in [3.63, 3.8) is 0 Å². The molecule has 0 aromatic carbocycles. The molecule has 1 atom stereocenters. The molecular formula is C12H25N3O2S. The Morgan fingerprint density at radius 3 is 2.67 bits per heavy atom. The molecule has 0 radical (unpaired) electrons. The van der Waals surface area contributed by atoms with Gasteiger partial charge in [-0.15, -0.1) is 0 Å². The molecule has 2 N–H and O–H groups in total. The van der Waals surface area contributed by atoms with Gasteiger partial charge >= 0.3 is 0 Å². The monoisotopic (exact) mass is 275 g/mol. The third kappa shape index (κ3) is 4.19. The van der Waals surface area contributed by atoms with Crippen LogP contribution >= 0.6 is 0 Å². The minimum atomic E-state index is -3.11. The average Bonchev–Trinajstić information content (AvgIpc) is 2.89. The maximum atomic E-state index is 12.0. The lowest BCUT2D eigenvalue weighted by Gasteiger charge is -2.23. The molecule has 0 spiro atoms. The summed E-state index contributed by atoms with van der Waals surface area (Å²) in [6.45, 7) is 5.50. The third-order valence-corrected chi connectivity index (χ3v) is 5.73. The Hall–Kier alpha value is -0.170. The molecule has 0 aromatic heterocycles. The minimum Gasteiger partial charge on any atom is -0.315 e. The second kappa shape index (κ2) is 6.84. The van der Waals surface area contributed by atoms with Gasteiger partial charge in [-0.2, -0.15) is 0 Å². The Morgan fingerprint density at radius 2 is 2.00 bits per heavy atom. The zero-order valence-electron chi connectivity index (χ0n) is 11.0. The first-order chi connectivity index (χ1) is 8.68. The highest BCUT2D eigenvalue weighted by Gasteiger charge is 2.26. The SMILES string of the molecule is O=S(=O)(NCCCN1CCCC1)C1CCCNC1. The Morgan fingerprint density at radius 1 is 1.22 bits per heavy atom. The van der Waals surface area contributed by atoms with Gasteiger partial charge in [-0.25, -0.2) is 13.1 Å². The lowest BCUT2D eigenvalue weighted by Crippen LogP contribution is -2.44. The summed E-state index contributed by atoms with van der Waals surface area (Å²) < 4.78 is 26.8. The fourth-order valence-corrected chi connectivity index (χ4v) is 4.20. The van der Waals surface area contributed by atoms with Crippen LogP contribution in [0, 0.1) is 0 Å². The number of likely N-dealkylation sites (tertiary alicyclic amines) is 1. The van der Waals surface area contributed by atoms with Gasteiger partial charge in [0.2, 0.25) is 10.0 Å². The summed E-state index contributed by atoms with van der Waals surface area (Å²) in [5.74, 6) is 0. The van der Waals surface area contributed by atoms with Crippen LogP contribution in [0.4, 0.5) is 0 Å². The molecule has 2 saturated heterocycles. The van der Waals surface area contributed by atoms with E-state index in [1.807, 2.05) is 0 Å². The van der Waals surface area contributed by atoms with E-state index >= 15 is 0 Å². The van der Waals surface area contributed by atoms with Crippen LogP contribution in [0.25, 0.3) is 0 Å². The van der Waals surface area contributed by atoms with Crippen LogP contribution in [0.15, 0.2) is 0 Å². The highest BCUT2D eigenvalue weighted by atomic mass is 32.2. The van der Waals surface area contributed by atoms with Crippen molar-refractivity contribution in [2.45, 2.75) is 37.4 Å². The fraction of sp³-hybridized carbons (Fsp3) is 1.00. The maximum Gasteiger partial charge on any atom is 0.215 e. The summed E-state index contributed by atoms with van der Waals surface area (Å²) in [6.07, 6.45) is 5.24. The van der Waals surface area contributed by atoms with Crippen LogP contribution in [-0.4, -0.2) is 57.8 Å². The number of rotatable bonds is 6. The van der Waals surface area contributed by atoms with Crippen LogP contribution in [-0.2, 0) is 10.0 Å². The predicted molar refractivity (Wildman–Crippen MR) is 73.1 cm³/mol. The number of nitrogens with zero attached hydrogens (tertiary/aromatic N) is 1. The van der Waals surface area contributed by atoms with Crippen molar-refractivity contribution in [1.29, 1.82) is 0 Å². The molecule has 1 unspecified atom stereocenters. The summed E-state index contributed by atoms with van der Waals surface area (Å²) in [4.78, 5) is 2.41. The Balaban J connectivity index is 1.64. The van der Waals surface area contributed by atoms with Crippen LogP contribution < -0.4 is 10.0 Å². The molecule has 106 valence electrons. The third-order valence-electron chi connectivity index (χ3n) is 3.84. The van der Waals surface area contributed by atoms with Crippen molar-refractivity contribution in [3.05, 3.63) is 0 Å². The van der Waals surface area contributed by atoms with Crippen molar-refractivity contribution in [2.75, 3.05) is 39.3 Å². The lowest BCUT2D eigenvalue weighted by molar-refractivity contribution is 0.334. The van der Waals surface area contributed by atoms with Crippen LogP contribution in [0.2, 0.25) is 0 Å². The first kappa shape index (κ1) is 14.2. The number of hydrogen-bond acceptors (Lipinski definition) is 4. The highest BCUT2D eigenvalue weighted by Crippen LogP contribution is 2.11. The molecule has 0 saturated carbocycles. The number of sulfonamides is 1. The first-order valence-corrected chi connectivity index (χ1v) is 8.65. The van der Waals surface area contributed by atoms with E-state index in [0.29, 0.717) is 13.1 Å². The Labute approximate surface area is 110 Å². The van der Waals surface area contributed by atoms with Gasteiger partial charge in [0.05, 0.1) is 5.25 Å². The highest BCUT2D eigenvalue weighted by molar-refractivity contribution is 7.90. The van der Waals surface area contributed by atoms with E-state index in [1.165, 1.54) is 25.9 Å². The van der Waals surface area contributed by atoms with Gasteiger partial charge in [0.1, 0.15) is 0 Å². The smallest absolute Gasteiger partial charge is 0.215 e. The van der Waals surface area contributed by atoms with E-state index in [1.54, 1.807) is 0 Å². The molecule has 5 nitrogen and oxygen atoms in total. The molecule has 18 heavy (non-hydrogen) atoms. The second-order valence-corrected chi connectivity index (χ2v) is 7.36. The van der Waals surface area contributed by atoms with Crippen molar-refractivity contribution in [2.24, 2.45) is 0 Å². The van der Waals surface area contributed by atoms with Crippen molar-refractivity contribution < 1.29 is 8.42 Å². The molecule has 0 bridgehead atoms. The van der Waals surface area contributed by atoms with E-state index in [4.69, 9.17) is 0 Å². The standard InChI is InChI=1S/C12H25N3O2S/c16-18(17,12-5-3-6-13-11-12)14-7-4-10-15-8-1-2-9-15/h12-14H,1-11H2. The van der Waals surface area contributed by atoms with E-state index in [0.717, 1.165) is 32.4 Å². The molecule has 0 amide bonds. The molecule has 0 aliphatic carbocycles. The lowest BCUT2D eigenvalue weighted by atomic mass is 10.2. The molecule has 0 aromatic rings. The quantitative estimate of drug-likeness (QED) is 0.677. The molecule has 2 heterocycles. The molecule has 2 rings (SSSR count). The topological polar surface area (TPSA) is 61.4 Å². The largest absolute Gasteiger partial charge is 0.315 e. The normalized spacial score (nSPS) is 26.6.